The van der Waals surface area contributed by atoms with Crippen LogP contribution in [0.3, 0.4) is 0 Å². The number of benzene rings is 2. The molecule has 0 atom stereocenters. The minimum absolute atomic E-state index is 0.0255. The van der Waals surface area contributed by atoms with Gasteiger partial charge in [-0.1, -0.05) is 13.8 Å². The lowest BCUT2D eigenvalue weighted by molar-refractivity contribution is -0.385. The first-order valence-electron chi connectivity index (χ1n) is 7.84. The lowest BCUT2D eigenvalue weighted by Gasteiger charge is -2.11. The molecule has 0 spiro atoms. The first-order valence-corrected chi connectivity index (χ1v) is 7.84. The molecule has 136 valence electrons. The van der Waals surface area contributed by atoms with Crippen LogP contribution in [0, 0.1) is 16.0 Å². The summed E-state index contributed by atoms with van der Waals surface area (Å²) < 4.78 is 5.46. The molecule has 0 aliphatic heterocycles. The van der Waals surface area contributed by atoms with Crippen molar-refractivity contribution in [3.8, 4) is 5.75 Å². The third kappa shape index (κ3) is 4.79. The van der Waals surface area contributed by atoms with E-state index in [0.29, 0.717) is 5.69 Å². The van der Waals surface area contributed by atoms with Crippen molar-refractivity contribution in [2.24, 2.45) is 5.92 Å². The molecule has 0 aliphatic rings. The minimum atomic E-state index is -1.06. The van der Waals surface area contributed by atoms with E-state index < -0.39 is 16.8 Å². The Labute approximate surface area is 149 Å². The molecule has 1 amide bonds. The number of anilines is 1. The van der Waals surface area contributed by atoms with Crippen LogP contribution < -0.4 is 10.1 Å². The van der Waals surface area contributed by atoms with Crippen LogP contribution in [-0.4, -0.2) is 28.5 Å². The molecule has 0 saturated carbocycles. The molecule has 2 rings (SSSR count). The van der Waals surface area contributed by atoms with Crippen molar-refractivity contribution in [3.63, 3.8) is 0 Å². The lowest BCUT2D eigenvalue weighted by Crippen LogP contribution is -2.13. The van der Waals surface area contributed by atoms with Crippen molar-refractivity contribution in [3.05, 3.63) is 63.7 Å². The molecule has 0 unspecified atom stereocenters. The van der Waals surface area contributed by atoms with E-state index in [1.807, 2.05) is 13.8 Å². The summed E-state index contributed by atoms with van der Waals surface area (Å²) in [6.07, 6.45) is 0. The highest BCUT2D eigenvalue weighted by Gasteiger charge is 2.19. The average Bonchev–Trinajstić information content (AvgIpc) is 2.59. The molecule has 2 N–H and O–H groups in total. The first-order chi connectivity index (χ1) is 12.3. The van der Waals surface area contributed by atoms with E-state index in [1.54, 1.807) is 0 Å². The number of nitro benzene ring substituents is 1. The number of hydrogen-bond donors (Lipinski definition) is 2. The van der Waals surface area contributed by atoms with Crippen LogP contribution in [0.25, 0.3) is 0 Å². The van der Waals surface area contributed by atoms with Gasteiger partial charge in [-0.2, -0.15) is 0 Å². The van der Waals surface area contributed by atoms with Gasteiger partial charge < -0.3 is 15.2 Å². The maximum Gasteiger partial charge on any atom is 0.335 e. The Kier molecular flexibility index (Phi) is 5.90. The molecule has 26 heavy (non-hydrogen) atoms. The average molecular weight is 358 g/mol. The SMILES string of the molecule is CC(C)COc1cc(C(=O)Nc2ccc(C(=O)O)cc2)ccc1[N+](=O)[O-]. The normalized spacial score (nSPS) is 10.4. The predicted molar refractivity (Wildman–Crippen MR) is 94.8 cm³/mol. The zero-order valence-electron chi connectivity index (χ0n) is 14.3. The number of nitrogens with zero attached hydrogens (tertiary/aromatic N) is 1. The monoisotopic (exact) mass is 358 g/mol. The Morgan fingerprint density at radius 2 is 1.77 bits per heavy atom. The fourth-order valence-corrected chi connectivity index (χ4v) is 2.08. The molecule has 0 heterocycles. The van der Waals surface area contributed by atoms with Gasteiger partial charge in [0.05, 0.1) is 17.1 Å². The zero-order chi connectivity index (χ0) is 19.3. The van der Waals surface area contributed by atoms with Crippen molar-refractivity contribution < 1.29 is 24.4 Å². The number of hydrogen-bond acceptors (Lipinski definition) is 5. The Morgan fingerprint density at radius 3 is 2.31 bits per heavy atom. The lowest BCUT2D eigenvalue weighted by atomic mass is 10.1. The van der Waals surface area contributed by atoms with Crippen LogP contribution >= 0.6 is 0 Å². The maximum atomic E-state index is 12.4. The van der Waals surface area contributed by atoms with Gasteiger partial charge in [0.25, 0.3) is 5.91 Å². The Balaban J connectivity index is 2.20. The number of carbonyl (C=O) groups excluding carboxylic acids is 1. The van der Waals surface area contributed by atoms with Gasteiger partial charge in [0, 0.05) is 23.4 Å². The molecule has 8 heteroatoms. The number of ether oxygens (including phenoxy) is 1. The van der Waals surface area contributed by atoms with Crippen LogP contribution in [0.1, 0.15) is 34.6 Å². The third-order valence-electron chi connectivity index (χ3n) is 3.38. The van der Waals surface area contributed by atoms with E-state index in [2.05, 4.69) is 5.32 Å². The summed E-state index contributed by atoms with van der Waals surface area (Å²) in [5, 5.41) is 22.6. The Bertz CT molecular complexity index is 830. The van der Waals surface area contributed by atoms with Gasteiger partial charge in [0.15, 0.2) is 5.75 Å². The van der Waals surface area contributed by atoms with Gasteiger partial charge in [-0.05, 0) is 36.2 Å². The zero-order valence-corrected chi connectivity index (χ0v) is 14.3. The molecule has 0 fully saturated rings. The number of carboxylic acids is 1. The summed E-state index contributed by atoms with van der Waals surface area (Å²) in [4.78, 5) is 33.7. The highest BCUT2D eigenvalue weighted by molar-refractivity contribution is 6.05. The first kappa shape index (κ1) is 18.9. The van der Waals surface area contributed by atoms with E-state index in [0.717, 1.165) is 0 Å². The number of nitro groups is 1. The second kappa shape index (κ2) is 8.11. The molecule has 0 saturated heterocycles. The molecule has 2 aromatic carbocycles. The van der Waals surface area contributed by atoms with Crippen LogP contribution in [0.15, 0.2) is 42.5 Å². The minimum Gasteiger partial charge on any atom is -0.487 e. The van der Waals surface area contributed by atoms with Gasteiger partial charge in [-0.15, -0.1) is 0 Å². The number of carboxylic acid groups (broad SMARTS) is 1. The van der Waals surface area contributed by atoms with Crippen LogP contribution in [0.4, 0.5) is 11.4 Å². The number of aromatic carboxylic acids is 1. The van der Waals surface area contributed by atoms with E-state index in [4.69, 9.17) is 9.84 Å². The van der Waals surface area contributed by atoms with Crippen molar-refractivity contribution >= 4 is 23.3 Å². The maximum absolute atomic E-state index is 12.4. The van der Waals surface area contributed by atoms with E-state index >= 15 is 0 Å². The number of amides is 1. The summed E-state index contributed by atoms with van der Waals surface area (Å²) in [6.45, 7) is 4.09. The molecule has 0 aliphatic carbocycles. The molecule has 8 nitrogen and oxygen atoms in total. The quantitative estimate of drug-likeness (QED) is 0.577. The number of carbonyl (C=O) groups is 2. The van der Waals surface area contributed by atoms with Crippen LogP contribution in [0.2, 0.25) is 0 Å². The third-order valence-corrected chi connectivity index (χ3v) is 3.38. The molecular weight excluding hydrogens is 340 g/mol. The summed E-state index contributed by atoms with van der Waals surface area (Å²) >= 11 is 0. The molecular formula is C18H18N2O6. The number of nitrogens with one attached hydrogen (secondary N) is 1. The molecule has 2 aromatic rings. The van der Waals surface area contributed by atoms with Gasteiger partial charge >= 0.3 is 11.7 Å². The largest absolute Gasteiger partial charge is 0.487 e. The van der Waals surface area contributed by atoms with Gasteiger partial charge in [-0.3, -0.25) is 14.9 Å². The van der Waals surface area contributed by atoms with Crippen LogP contribution in [0.5, 0.6) is 5.75 Å². The van der Waals surface area contributed by atoms with Crippen LogP contribution in [-0.2, 0) is 0 Å². The topological polar surface area (TPSA) is 119 Å². The van der Waals surface area contributed by atoms with Crippen molar-refractivity contribution in [1.82, 2.24) is 0 Å². The standard InChI is InChI=1S/C18H18N2O6/c1-11(2)10-26-16-9-13(5-8-15(16)20(24)25)17(21)19-14-6-3-12(4-7-14)18(22)23/h3-9,11H,10H2,1-2H3,(H,19,21)(H,22,23). The van der Waals surface area contributed by atoms with E-state index in [1.165, 1.54) is 42.5 Å². The summed E-state index contributed by atoms with van der Waals surface area (Å²) in [5.74, 6) is -1.36. The molecule has 0 bridgehead atoms. The fraction of sp³-hybridized carbons (Fsp3) is 0.222. The second-order valence-electron chi connectivity index (χ2n) is 5.98. The van der Waals surface area contributed by atoms with Gasteiger partial charge in [0.1, 0.15) is 0 Å². The van der Waals surface area contributed by atoms with Gasteiger partial charge in [0.2, 0.25) is 0 Å². The highest BCUT2D eigenvalue weighted by atomic mass is 16.6. The van der Waals surface area contributed by atoms with E-state index in [9.17, 15) is 19.7 Å². The second-order valence-corrected chi connectivity index (χ2v) is 5.98. The van der Waals surface area contributed by atoms with Gasteiger partial charge in [-0.25, -0.2) is 4.79 Å². The van der Waals surface area contributed by atoms with E-state index in [-0.39, 0.29) is 35.1 Å². The predicted octanol–water partition coefficient (Wildman–Crippen LogP) is 3.58. The smallest absolute Gasteiger partial charge is 0.335 e. The Morgan fingerprint density at radius 1 is 1.15 bits per heavy atom. The number of rotatable bonds is 7. The highest BCUT2D eigenvalue weighted by Crippen LogP contribution is 2.28. The molecule has 0 radical (unpaired) electrons. The fourth-order valence-electron chi connectivity index (χ4n) is 2.08. The van der Waals surface area contributed by atoms with Crippen molar-refractivity contribution in [1.29, 1.82) is 0 Å². The Hall–Kier alpha value is -3.42. The van der Waals surface area contributed by atoms with Crippen molar-refractivity contribution in [2.45, 2.75) is 13.8 Å². The summed E-state index contributed by atoms with van der Waals surface area (Å²) in [7, 11) is 0. The van der Waals surface area contributed by atoms with Crippen molar-refractivity contribution in [2.75, 3.05) is 11.9 Å². The summed E-state index contributed by atoms with van der Waals surface area (Å²) in [5.41, 5.74) is 0.482. The summed E-state index contributed by atoms with van der Waals surface area (Å²) in [6, 6.07) is 9.53. The molecule has 0 aromatic heterocycles.